The lowest BCUT2D eigenvalue weighted by molar-refractivity contribution is -0.122. The van der Waals surface area contributed by atoms with E-state index in [1.165, 1.54) is 0 Å². The number of hydrogen-bond acceptors (Lipinski definition) is 2. The van der Waals surface area contributed by atoms with Crippen LogP contribution in [0.1, 0.15) is 25.7 Å². The fraction of sp³-hybridized carbons (Fsp3) is 0.900. The van der Waals surface area contributed by atoms with Crippen LogP contribution in [0.4, 0.5) is 18.0 Å². The van der Waals surface area contributed by atoms with Crippen molar-refractivity contribution in [1.82, 2.24) is 10.6 Å². The summed E-state index contributed by atoms with van der Waals surface area (Å²) < 4.78 is 40.7. The summed E-state index contributed by atoms with van der Waals surface area (Å²) in [5.41, 5.74) is 0. The zero-order valence-corrected chi connectivity index (χ0v) is 9.48. The largest absolute Gasteiger partial charge is 0.405 e. The second kappa shape index (κ2) is 6.68. The third-order valence-electron chi connectivity index (χ3n) is 2.48. The molecule has 0 bridgehead atoms. The van der Waals surface area contributed by atoms with E-state index in [9.17, 15) is 18.0 Å². The molecule has 1 saturated heterocycles. The average molecular weight is 254 g/mol. The molecule has 1 heterocycles. The summed E-state index contributed by atoms with van der Waals surface area (Å²) in [6.07, 6.45) is -0.512. The van der Waals surface area contributed by atoms with Gasteiger partial charge in [0.05, 0.1) is 6.10 Å². The lowest BCUT2D eigenvalue weighted by atomic mass is 10.1. The van der Waals surface area contributed by atoms with E-state index in [1.54, 1.807) is 5.32 Å². The predicted molar refractivity (Wildman–Crippen MR) is 55.7 cm³/mol. The first-order valence-electron chi connectivity index (χ1n) is 5.67. The average Bonchev–Trinajstić information content (AvgIpc) is 2.27. The molecule has 0 spiro atoms. The molecule has 100 valence electrons. The summed E-state index contributed by atoms with van der Waals surface area (Å²) >= 11 is 0. The molecular weight excluding hydrogens is 237 g/mol. The molecule has 2 N–H and O–H groups in total. The van der Waals surface area contributed by atoms with E-state index >= 15 is 0 Å². The maximum absolute atomic E-state index is 11.8. The van der Waals surface area contributed by atoms with Crippen LogP contribution in [-0.2, 0) is 4.74 Å². The predicted octanol–water partition coefficient (Wildman–Crippen LogP) is 1.81. The van der Waals surface area contributed by atoms with Gasteiger partial charge in [-0.2, -0.15) is 13.2 Å². The van der Waals surface area contributed by atoms with Crippen LogP contribution < -0.4 is 10.6 Å². The van der Waals surface area contributed by atoms with Gasteiger partial charge in [-0.3, -0.25) is 0 Å². The van der Waals surface area contributed by atoms with Crippen molar-refractivity contribution in [2.24, 2.45) is 0 Å². The van der Waals surface area contributed by atoms with E-state index in [0.29, 0.717) is 13.0 Å². The van der Waals surface area contributed by atoms with Gasteiger partial charge in [0, 0.05) is 13.2 Å². The van der Waals surface area contributed by atoms with Crippen LogP contribution in [-0.4, -0.2) is 38.0 Å². The van der Waals surface area contributed by atoms with Crippen LogP contribution in [0.3, 0.4) is 0 Å². The van der Waals surface area contributed by atoms with Gasteiger partial charge in [-0.25, -0.2) is 4.79 Å². The van der Waals surface area contributed by atoms with Crippen molar-refractivity contribution in [2.45, 2.75) is 38.0 Å². The maximum Gasteiger partial charge on any atom is 0.405 e. The molecular formula is C10H17F3N2O2. The Labute approximate surface area is 97.9 Å². The third-order valence-corrected chi connectivity index (χ3v) is 2.48. The van der Waals surface area contributed by atoms with Crippen LogP contribution in [0.25, 0.3) is 0 Å². The number of hydrogen-bond donors (Lipinski definition) is 2. The summed E-state index contributed by atoms with van der Waals surface area (Å²) in [5, 5.41) is 4.12. The Hall–Kier alpha value is -0.980. The first-order valence-corrected chi connectivity index (χ1v) is 5.67. The van der Waals surface area contributed by atoms with Gasteiger partial charge in [0.25, 0.3) is 0 Å². The molecule has 2 amide bonds. The van der Waals surface area contributed by atoms with Crippen molar-refractivity contribution in [3.63, 3.8) is 0 Å². The minimum atomic E-state index is -4.37. The number of rotatable bonds is 4. The highest BCUT2D eigenvalue weighted by Crippen LogP contribution is 2.15. The van der Waals surface area contributed by atoms with Gasteiger partial charge in [0.2, 0.25) is 0 Å². The molecule has 0 radical (unpaired) electrons. The van der Waals surface area contributed by atoms with Gasteiger partial charge in [0.1, 0.15) is 6.54 Å². The van der Waals surface area contributed by atoms with Crippen molar-refractivity contribution in [3.05, 3.63) is 0 Å². The molecule has 0 aromatic rings. The molecule has 0 saturated carbocycles. The van der Waals surface area contributed by atoms with Crippen LogP contribution in [0.15, 0.2) is 0 Å². The molecule has 1 atom stereocenters. The summed E-state index contributed by atoms with van der Waals surface area (Å²) in [6.45, 7) is -0.252. The van der Waals surface area contributed by atoms with Gasteiger partial charge >= 0.3 is 12.2 Å². The smallest absolute Gasteiger partial charge is 0.378 e. The van der Waals surface area contributed by atoms with E-state index < -0.39 is 18.8 Å². The van der Waals surface area contributed by atoms with Gasteiger partial charge < -0.3 is 15.4 Å². The fourth-order valence-corrected chi connectivity index (χ4v) is 1.62. The van der Waals surface area contributed by atoms with Crippen molar-refractivity contribution in [3.8, 4) is 0 Å². The first-order chi connectivity index (χ1) is 7.97. The van der Waals surface area contributed by atoms with Gasteiger partial charge in [0.15, 0.2) is 0 Å². The van der Waals surface area contributed by atoms with E-state index in [1.807, 2.05) is 0 Å². The first kappa shape index (κ1) is 14.1. The lowest BCUT2D eigenvalue weighted by Gasteiger charge is -2.22. The Kier molecular flexibility index (Phi) is 5.54. The topological polar surface area (TPSA) is 50.4 Å². The summed E-state index contributed by atoms with van der Waals surface area (Å²) in [4.78, 5) is 11.0. The fourth-order valence-electron chi connectivity index (χ4n) is 1.62. The van der Waals surface area contributed by atoms with Crippen molar-refractivity contribution >= 4 is 6.03 Å². The van der Waals surface area contributed by atoms with Crippen LogP contribution >= 0.6 is 0 Å². The number of alkyl halides is 3. The molecule has 0 aromatic carbocycles. The normalized spacial score (nSPS) is 21.0. The minimum Gasteiger partial charge on any atom is -0.378 e. The summed E-state index contributed by atoms with van der Waals surface area (Å²) in [6, 6.07) is -0.793. The lowest BCUT2D eigenvalue weighted by Crippen LogP contribution is -2.41. The van der Waals surface area contributed by atoms with E-state index in [0.717, 1.165) is 25.9 Å². The second-order valence-corrected chi connectivity index (χ2v) is 4.00. The zero-order chi connectivity index (χ0) is 12.7. The summed E-state index contributed by atoms with van der Waals surface area (Å²) in [5.74, 6) is 0. The monoisotopic (exact) mass is 254 g/mol. The highest BCUT2D eigenvalue weighted by Gasteiger charge is 2.27. The Bertz CT molecular complexity index is 240. The van der Waals surface area contributed by atoms with Crippen molar-refractivity contribution in [2.75, 3.05) is 19.7 Å². The summed E-state index contributed by atoms with van der Waals surface area (Å²) in [7, 11) is 0. The highest BCUT2D eigenvalue weighted by atomic mass is 19.4. The highest BCUT2D eigenvalue weighted by molar-refractivity contribution is 5.73. The van der Waals surface area contributed by atoms with Crippen molar-refractivity contribution in [1.29, 1.82) is 0 Å². The minimum absolute atomic E-state index is 0.117. The molecule has 1 aliphatic heterocycles. The number of nitrogens with one attached hydrogen (secondary N) is 2. The molecule has 0 aromatic heterocycles. The van der Waals surface area contributed by atoms with E-state index in [-0.39, 0.29) is 6.10 Å². The number of halogens is 3. The molecule has 17 heavy (non-hydrogen) atoms. The number of carbonyl (C=O) groups is 1. The quantitative estimate of drug-likeness (QED) is 0.803. The zero-order valence-electron chi connectivity index (χ0n) is 9.48. The van der Waals surface area contributed by atoms with Crippen LogP contribution in [0.5, 0.6) is 0 Å². The van der Waals surface area contributed by atoms with Gasteiger partial charge in [-0.1, -0.05) is 0 Å². The van der Waals surface area contributed by atoms with Gasteiger partial charge in [-0.15, -0.1) is 0 Å². The molecule has 1 rings (SSSR count). The molecule has 1 aliphatic rings. The molecule has 4 nitrogen and oxygen atoms in total. The molecule has 0 aliphatic carbocycles. The standard InChI is InChI=1S/C10H17F3N2O2/c11-10(12,13)7-15-9(16)14-5-4-8-3-1-2-6-17-8/h8H,1-7H2,(H2,14,15,16). The Morgan fingerprint density at radius 3 is 2.65 bits per heavy atom. The van der Waals surface area contributed by atoms with E-state index in [4.69, 9.17) is 4.74 Å². The Morgan fingerprint density at radius 2 is 2.06 bits per heavy atom. The van der Waals surface area contributed by atoms with Gasteiger partial charge in [-0.05, 0) is 25.7 Å². The van der Waals surface area contributed by atoms with Crippen LogP contribution in [0.2, 0.25) is 0 Å². The SMILES string of the molecule is O=C(NCCC1CCCCO1)NCC(F)(F)F. The Balaban J connectivity index is 2.03. The second-order valence-electron chi connectivity index (χ2n) is 4.00. The third kappa shape index (κ3) is 7.04. The number of ether oxygens (including phenoxy) is 1. The maximum atomic E-state index is 11.8. The number of amides is 2. The van der Waals surface area contributed by atoms with Crippen LogP contribution in [0, 0.1) is 0 Å². The molecule has 1 unspecified atom stereocenters. The van der Waals surface area contributed by atoms with Crippen molar-refractivity contribution < 1.29 is 22.7 Å². The molecule has 7 heteroatoms. The van der Waals surface area contributed by atoms with E-state index in [2.05, 4.69) is 5.32 Å². The molecule has 1 fully saturated rings. The Morgan fingerprint density at radius 1 is 1.29 bits per heavy atom. The number of urea groups is 1. The number of carbonyl (C=O) groups excluding carboxylic acids is 1.